The quantitative estimate of drug-likeness (QED) is 0.338. The van der Waals surface area contributed by atoms with Crippen LogP contribution >= 0.6 is 0 Å². The van der Waals surface area contributed by atoms with Crippen LogP contribution in [0.2, 0.25) is 0 Å². The van der Waals surface area contributed by atoms with Gasteiger partial charge in [0.15, 0.2) is 6.29 Å². The van der Waals surface area contributed by atoms with E-state index in [1.54, 1.807) is 11.1 Å². The van der Waals surface area contributed by atoms with E-state index in [0.717, 1.165) is 38.0 Å². The molecule has 166 valence electrons. The average Bonchev–Trinajstić information content (AvgIpc) is 3.11. The lowest BCUT2D eigenvalue weighted by Crippen LogP contribution is -2.47. The van der Waals surface area contributed by atoms with Crippen LogP contribution < -0.4 is 0 Å². The van der Waals surface area contributed by atoms with Crippen molar-refractivity contribution < 1.29 is 14.7 Å². The smallest absolute Gasteiger partial charge is 0.157 e. The fourth-order valence-corrected chi connectivity index (χ4v) is 7.88. The van der Waals surface area contributed by atoms with Gasteiger partial charge in [-0.2, -0.15) is 0 Å². The summed E-state index contributed by atoms with van der Waals surface area (Å²) in [6.07, 6.45) is 17.1. The van der Waals surface area contributed by atoms with E-state index in [1.165, 1.54) is 38.5 Å². The molecule has 1 saturated heterocycles. The van der Waals surface area contributed by atoms with Crippen molar-refractivity contribution in [2.24, 2.45) is 33.7 Å². The summed E-state index contributed by atoms with van der Waals surface area (Å²) in [5.74, 6) is 1.73. The van der Waals surface area contributed by atoms with E-state index in [0.29, 0.717) is 23.9 Å². The molecule has 0 aromatic carbocycles. The lowest BCUT2D eigenvalue weighted by atomic mass is 9.50. The second-order valence-electron chi connectivity index (χ2n) is 11.1. The van der Waals surface area contributed by atoms with Gasteiger partial charge in [-0.3, -0.25) is 0 Å². The van der Waals surface area contributed by atoms with E-state index in [4.69, 9.17) is 9.47 Å². The van der Waals surface area contributed by atoms with Crippen molar-refractivity contribution in [1.29, 1.82) is 0 Å². The van der Waals surface area contributed by atoms with Crippen molar-refractivity contribution in [2.45, 2.75) is 97.4 Å². The Morgan fingerprint density at radius 3 is 2.70 bits per heavy atom. The molecule has 0 amide bonds. The molecule has 5 aliphatic rings. The molecule has 0 spiro atoms. The standard InChI is InChI=1S/C26H39NO3/c1-17(27-28)21-9-10-22-20-8-7-18-16-19(30-24-6-4-5-15-29-24)11-13-25(18,2)23(20)12-14-26(21,22)3/h7-8,19,21-24,28H,4-6,9-16H2,1-3H3/t19-,21+,22-,23-,24?,25-,26+/m0/s1. The van der Waals surface area contributed by atoms with Gasteiger partial charge in [-0.25, -0.2) is 0 Å². The zero-order valence-electron chi connectivity index (χ0n) is 19.0. The molecule has 5 rings (SSSR count). The summed E-state index contributed by atoms with van der Waals surface area (Å²) in [6, 6.07) is 0. The van der Waals surface area contributed by atoms with Crippen molar-refractivity contribution in [2.75, 3.05) is 6.61 Å². The summed E-state index contributed by atoms with van der Waals surface area (Å²) < 4.78 is 12.2. The summed E-state index contributed by atoms with van der Waals surface area (Å²) >= 11 is 0. The van der Waals surface area contributed by atoms with Gasteiger partial charge >= 0.3 is 0 Å². The maximum Gasteiger partial charge on any atom is 0.157 e. The van der Waals surface area contributed by atoms with Crippen molar-refractivity contribution in [3.05, 3.63) is 23.3 Å². The molecule has 0 aromatic heterocycles. The minimum Gasteiger partial charge on any atom is -0.411 e. The Bertz CT molecular complexity index is 764. The van der Waals surface area contributed by atoms with Crippen LogP contribution in [0.5, 0.6) is 0 Å². The molecule has 4 heteroatoms. The van der Waals surface area contributed by atoms with E-state index >= 15 is 0 Å². The van der Waals surface area contributed by atoms with Crippen molar-refractivity contribution in [1.82, 2.24) is 0 Å². The fourth-order valence-electron chi connectivity index (χ4n) is 7.88. The molecule has 0 radical (unpaired) electrons. The van der Waals surface area contributed by atoms with Gasteiger partial charge in [-0.1, -0.05) is 42.3 Å². The van der Waals surface area contributed by atoms with E-state index < -0.39 is 0 Å². The second-order valence-corrected chi connectivity index (χ2v) is 11.1. The van der Waals surface area contributed by atoms with Crippen molar-refractivity contribution in [3.63, 3.8) is 0 Å². The van der Waals surface area contributed by atoms with Gasteiger partial charge in [0.1, 0.15) is 0 Å². The lowest BCUT2D eigenvalue weighted by molar-refractivity contribution is -0.193. The van der Waals surface area contributed by atoms with Crippen molar-refractivity contribution in [3.8, 4) is 0 Å². The maximum absolute atomic E-state index is 9.41. The van der Waals surface area contributed by atoms with E-state index in [1.807, 2.05) is 6.92 Å². The Balaban J connectivity index is 1.36. The van der Waals surface area contributed by atoms with E-state index in [-0.39, 0.29) is 17.1 Å². The number of nitrogens with zero attached hydrogens (tertiary/aromatic N) is 1. The lowest BCUT2D eigenvalue weighted by Gasteiger charge is -2.55. The fraction of sp³-hybridized carbons (Fsp3) is 0.808. The number of fused-ring (bicyclic) bond motifs is 5. The van der Waals surface area contributed by atoms with Gasteiger partial charge in [-0.15, -0.1) is 0 Å². The second kappa shape index (κ2) is 7.78. The first-order valence-corrected chi connectivity index (χ1v) is 12.3. The molecule has 1 aliphatic heterocycles. The molecule has 4 fully saturated rings. The minimum atomic E-state index is 0.0191. The SMILES string of the molecule is CC(=NO)[C@H]1CC[C@H]2C3=CC=C4C[C@@H](OC5CCCCO5)CC[C@]4(C)[C@H]3CC[C@]12C. The Kier molecular flexibility index (Phi) is 5.38. The number of ether oxygens (including phenoxy) is 2. The van der Waals surface area contributed by atoms with Crippen LogP contribution in [0, 0.1) is 28.6 Å². The molecule has 0 bridgehead atoms. The van der Waals surface area contributed by atoms with Gasteiger partial charge in [0, 0.05) is 12.5 Å². The molecule has 4 aliphatic carbocycles. The largest absolute Gasteiger partial charge is 0.411 e. The zero-order valence-corrected chi connectivity index (χ0v) is 19.0. The Morgan fingerprint density at radius 1 is 1.07 bits per heavy atom. The van der Waals surface area contributed by atoms with Gasteiger partial charge in [0.2, 0.25) is 0 Å². The van der Waals surface area contributed by atoms with E-state index in [2.05, 4.69) is 31.2 Å². The van der Waals surface area contributed by atoms with Crippen LogP contribution in [0.15, 0.2) is 28.5 Å². The third-order valence-corrected chi connectivity index (χ3v) is 9.67. The molecular weight excluding hydrogens is 374 g/mol. The first kappa shape index (κ1) is 20.8. The Labute approximate surface area is 181 Å². The summed E-state index contributed by atoms with van der Waals surface area (Å²) in [4.78, 5) is 0. The highest BCUT2D eigenvalue weighted by atomic mass is 16.7. The zero-order chi connectivity index (χ0) is 20.9. The molecule has 1 unspecified atom stereocenters. The van der Waals surface area contributed by atoms with Crippen LogP contribution in [0.1, 0.15) is 85.0 Å². The molecule has 30 heavy (non-hydrogen) atoms. The van der Waals surface area contributed by atoms with Crippen LogP contribution in [0.25, 0.3) is 0 Å². The normalized spacial score (nSPS) is 46.4. The highest BCUT2D eigenvalue weighted by Gasteiger charge is 2.57. The Hall–Kier alpha value is -1.13. The summed E-state index contributed by atoms with van der Waals surface area (Å²) in [6.45, 7) is 7.85. The van der Waals surface area contributed by atoms with Gasteiger partial charge in [0.05, 0.1) is 11.8 Å². The molecule has 1 N–H and O–H groups in total. The minimum absolute atomic E-state index is 0.0191. The maximum atomic E-state index is 9.41. The van der Waals surface area contributed by atoms with Gasteiger partial charge in [0.25, 0.3) is 0 Å². The summed E-state index contributed by atoms with van der Waals surface area (Å²) in [5, 5.41) is 13.0. The molecule has 4 nitrogen and oxygen atoms in total. The van der Waals surface area contributed by atoms with Crippen LogP contribution in [-0.4, -0.2) is 29.9 Å². The number of allylic oxidation sites excluding steroid dienone is 3. The molecule has 1 heterocycles. The van der Waals surface area contributed by atoms with Crippen LogP contribution in [0.4, 0.5) is 0 Å². The highest BCUT2D eigenvalue weighted by Crippen LogP contribution is 2.65. The predicted molar refractivity (Wildman–Crippen MR) is 119 cm³/mol. The Morgan fingerprint density at radius 2 is 1.93 bits per heavy atom. The first-order chi connectivity index (χ1) is 14.5. The molecule has 7 atom stereocenters. The number of oxime groups is 1. The first-order valence-electron chi connectivity index (χ1n) is 12.3. The number of rotatable bonds is 3. The van der Waals surface area contributed by atoms with E-state index in [9.17, 15) is 5.21 Å². The van der Waals surface area contributed by atoms with Crippen LogP contribution in [-0.2, 0) is 9.47 Å². The summed E-state index contributed by atoms with van der Waals surface area (Å²) in [5.41, 5.74) is 4.77. The van der Waals surface area contributed by atoms with Crippen molar-refractivity contribution >= 4 is 5.71 Å². The third-order valence-electron chi connectivity index (χ3n) is 9.67. The monoisotopic (exact) mass is 413 g/mol. The molecule has 0 aromatic rings. The highest BCUT2D eigenvalue weighted by molar-refractivity contribution is 5.85. The van der Waals surface area contributed by atoms with Gasteiger partial charge < -0.3 is 14.7 Å². The number of hydrogen-bond acceptors (Lipinski definition) is 4. The van der Waals surface area contributed by atoms with Gasteiger partial charge in [-0.05, 0) is 93.8 Å². The van der Waals surface area contributed by atoms with Crippen LogP contribution in [0.3, 0.4) is 0 Å². The topological polar surface area (TPSA) is 51.1 Å². The third kappa shape index (κ3) is 3.21. The average molecular weight is 414 g/mol. The predicted octanol–water partition coefficient (Wildman–Crippen LogP) is 6.25. The number of hydrogen-bond donors (Lipinski definition) is 1. The molecule has 3 saturated carbocycles. The molecular formula is C26H39NO3. The summed E-state index contributed by atoms with van der Waals surface area (Å²) in [7, 11) is 0.